The number of anilines is 1. The zero-order valence-electron chi connectivity index (χ0n) is 9.57. The first-order valence-corrected chi connectivity index (χ1v) is 5.59. The van der Waals surface area contributed by atoms with Gasteiger partial charge in [-0.25, -0.2) is 4.98 Å². The molecule has 0 spiro atoms. The lowest BCUT2D eigenvalue weighted by Crippen LogP contribution is -1.89. The van der Waals surface area contributed by atoms with Gasteiger partial charge in [0.05, 0.1) is 11.9 Å². The average molecular weight is 223 g/mol. The summed E-state index contributed by atoms with van der Waals surface area (Å²) < 4.78 is 0. The minimum atomic E-state index is 0.785. The van der Waals surface area contributed by atoms with Gasteiger partial charge in [0.2, 0.25) is 0 Å². The molecule has 0 unspecified atom stereocenters. The molecule has 3 heteroatoms. The van der Waals surface area contributed by atoms with Gasteiger partial charge < -0.3 is 10.3 Å². The van der Waals surface area contributed by atoms with Crippen LogP contribution in [0.5, 0.6) is 0 Å². The monoisotopic (exact) mass is 223 g/mol. The minimum Gasteiger partial charge on any atom is -0.359 e. The molecule has 0 aliphatic carbocycles. The van der Waals surface area contributed by atoms with E-state index in [2.05, 4.69) is 57.7 Å². The molecule has 0 atom stereocenters. The molecule has 0 aliphatic rings. The maximum atomic E-state index is 4.22. The molecule has 1 aromatic heterocycles. The first-order valence-electron chi connectivity index (χ1n) is 5.59. The lowest BCUT2D eigenvalue weighted by molar-refractivity contribution is 1.26. The number of hydrogen-bond donors (Lipinski definition) is 2. The Morgan fingerprint density at radius 3 is 2.65 bits per heavy atom. The van der Waals surface area contributed by atoms with E-state index in [1.165, 1.54) is 10.8 Å². The van der Waals surface area contributed by atoms with Gasteiger partial charge in [-0.3, -0.25) is 0 Å². The Hall–Kier alpha value is -2.29. The second-order valence-electron chi connectivity index (χ2n) is 3.96. The third-order valence-corrected chi connectivity index (χ3v) is 2.87. The summed E-state index contributed by atoms with van der Waals surface area (Å²) in [4.78, 5) is 7.45. The van der Waals surface area contributed by atoms with Crippen LogP contribution < -0.4 is 5.32 Å². The molecule has 3 rings (SSSR count). The van der Waals surface area contributed by atoms with Gasteiger partial charge in [0.25, 0.3) is 0 Å². The number of aromatic nitrogens is 2. The molecule has 2 N–H and O–H groups in total. The van der Waals surface area contributed by atoms with Crippen molar-refractivity contribution >= 4 is 16.7 Å². The molecule has 0 radical (unpaired) electrons. The van der Waals surface area contributed by atoms with Crippen LogP contribution in [0.3, 0.4) is 0 Å². The first-order chi connectivity index (χ1) is 8.36. The normalized spacial score (nSPS) is 10.6. The first kappa shape index (κ1) is 9.90. The quantitative estimate of drug-likeness (QED) is 0.700. The predicted octanol–water partition coefficient (Wildman–Crippen LogP) is 3.27. The van der Waals surface area contributed by atoms with E-state index in [1.807, 2.05) is 13.2 Å². The van der Waals surface area contributed by atoms with E-state index in [0.29, 0.717) is 0 Å². The molecular weight excluding hydrogens is 210 g/mol. The number of fused-ring (bicyclic) bond motifs is 1. The fourth-order valence-corrected chi connectivity index (χ4v) is 1.95. The van der Waals surface area contributed by atoms with Crippen LogP contribution in [0, 0.1) is 0 Å². The minimum absolute atomic E-state index is 0.785. The van der Waals surface area contributed by atoms with Crippen LogP contribution in [-0.2, 0) is 0 Å². The Morgan fingerprint density at radius 2 is 1.88 bits per heavy atom. The molecule has 0 aliphatic heterocycles. The number of nitrogens with zero attached hydrogens (tertiary/aromatic N) is 1. The van der Waals surface area contributed by atoms with Gasteiger partial charge in [-0.05, 0) is 16.8 Å². The van der Waals surface area contributed by atoms with Gasteiger partial charge in [-0.1, -0.05) is 36.4 Å². The highest BCUT2D eigenvalue weighted by atomic mass is 15.1. The summed E-state index contributed by atoms with van der Waals surface area (Å²) in [5, 5.41) is 5.48. The second kappa shape index (κ2) is 3.94. The lowest BCUT2D eigenvalue weighted by atomic mass is 10.1. The highest BCUT2D eigenvalue weighted by Gasteiger charge is 2.02. The largest absolute Gasteiger partial charge is 0.359 e. The fraction of sp³-hybridized carbons (Fsp3) is 0.0714. The van der Waals surface area contributed by atoms with Gasteiger partial charge >= 0.3 is 0 Å². The standard InChI is InChI=1S/C14H13N3/c1-15-14-16-9-13(17-14)12-7-6-10-4-2-3-5-11(10)8-12/h2-9H,1H3,(H2,15,16,17). The number of H-pyrrole nitrogens is 1. The Morgan fingerprint density at radius 1 is 1.06 bits per heavy atom. The van der Waals surface area contributed by atoms with Crippen LogP contribution in [0.25, 0.3) is 22.0 Å². The van der Waals surface area contributed by atoms with E-state index in [9.17, 15) is 0 Å². The molecule has 2 aromatic carbocycles. The molecule has 0 amide bonds. The molecule has 17 heavy (non-hydrogen) atoms. The van der Waals surface area contributed by atoms with E-state index in [1.54, 1.807) is 0 Å². The Balaban J connectivity index is 2.11. The van der Waals surface area contributed by atoms with Gasteiger partial charge in [0.15, 0.2) is 5.95 Å². The summed E-state index contributed by atoms with van der Waals surface area (Å²) in [5.74, 6) is 0.785. The van der Waals surface area contributed by atoms with E-state index < -0.39 is 0 Å². The molecule has 0 fully saturated rings. The van der Waals surface area contributed by atoms with E-state index in [4.69, 9.17) is 0 Å². The molecular formula is C14H13N3. The van der Waals surface area contributed by atoms with Crippen LogP contribution >= 0.6 is 0 Å². The van der Waals surface area contributed by atoms with Gasteiger partial charge in [0, 0.05) is 12.6 Å². The Bertz CT molecular complexity index is 655. The number of rotatable bonds is 2. The summed E-state index contributed by atoms with van der Waals surface area (Å²) in [6, 6.07) is 14.7. The van der Waals surface area contributed by atoms with E-state index in [0.717, 1.165) is 17.2 Å². The molecule has 3 nitrogen and oxygen atoms in total. The van der Waals surface area contributed by atoms with Crippen molar-refractivity contribution in [2.24, 2.45) is 0 Å². The number of hydrogen-bond acceptors (Lipinski definition) is 2. The van der Waals surface area contributed by atoms with E-state index >= 15 is 0 Å². The number of aromatic amines is 1. The summed E-state index contributed by atoms with van der Waals surface area (Å²) in [5.41, 5.74) is 2.18. The molecule has 1 heterocycles. The molecule has 3 aromatic rings. The van der Waals surface area contributed by atoms with Crippen molar-refractivity contribution in [1.82, 2.24) is 9.97 Å². The van der Waals surface area contributed by atoms with Crippen LogP contribution in [0.2, 0.25) is 0 Å². The summed E-state index contributed by atoms with van der Waals surface area (Å²) >= 11 is 0. The lowest BCUT2D eigenvalue weighted by Gasteiger charge is -2.01. The van der Waals surface area contributed by atoms with Crippen molar-refractivity contribution in [1.29, 1.82) is 0 Å². The second-order valence-corrected chi connectivity index (χ2v) is 3.96. The molecule has 84 valence electrons. The fourth-order valence-electron chi connectivity index (χ4n) is 1.95. The third-order valence-electron chi connectivity index (χ3n) is 2.87. The van der Waals surface area contributed by atoms with Crippen molar-refractivity contribution in [3.8, 4) is 11.3 Å². The van der Waals surface area contributed by atoms with Crippen LogP contribution in [0.15, 0.2) is 48.7 Å². The van der Waals surface area contributed by atoms with Gasteiger partial charge in [-0.15, -0.1) is 0 Å². The van der Waals surface area contributed by atoms with Crippen molar-refractivity contribution in [2.75, 3.05) is 12.4 Å². The van der Waals surface area contributed by atoms with Crippen molar-refractivity contribution < 1.29 is 0 Å². The van der Waals surface area contributed by atoms with Crippen molar-refractivity contribution in [3.05, 3.63) is 48.7 Å². The van der Waals surface area contributed by atoms with E-state index in [-0.39, 0.29) is 0 Å². The van der Waals surface area contributed by atoms with Gasteiger partial charge in [0.1, 0.15) is 0 Å². The number of imidazole rings is 1. The topological polar surface area (TPSA) is 40.7 Å². The molecule has 0 bridgehead atoms. The smallest absolute Gasteiger partial charge is 0.200 e. The number of nitrogens with one attached hydrogen (secondary N) is 2. The summed E-state index contributed by atoms with van der Waals surface area (Å²) in [6.07, 6.45) is 1.84. The zero-order chi connectivity index (χ0) is 11.7. The van der Waals surface area contributed by atoms with Crippen LogP contribution in [-0.4, -0.2) is 17.0 Å². The summed E-state index contributed by atoms with van der Waals surface area (Å²) in [7, 11) is 1.85. The Kier molecular flexibility index (Phi) is 2.29. The third kappa shape index (κ3) is 1.76. The van der Waals surface area contributed by atoms with Crippen molar-refractivity contribution in [2.45, 2.75) is 0 Å². The highest BCUT2D eigenvalue weighted by molar-refractivity contribution is 5.86. The van der Waals surface area contributed by atoms with Crippen LogP contribution in [0.4, 0.5) is 5.95 Å². The van der Waals surface area contributed by atoms with Crippen molar-refractivity contribution in [3.63, 3.8) is 0 Å². The zero-order valence-corrected chi connectivity index (χ0v) is 9.57. The van der Waals surface area contributed by atoms with Gasteiger partial charge in [-0.2, -0.15) is 0 Å². The molecule has 0 saturated carbocycles. The summed E-state index contributed by atoms with van der Waals surface area (Å²) in [6.45, 7) is 0. The maximum absolute atomic E-state index is 4.22. The molecule has 0 saturated heterocycles. The highest BCUT2D eigenvalue weighted by Crippen LogP contribution is 2.23. The predicted molar refractivity (Wildman–Crippen MR) is 71.1 cm³/mol. The maximum Gasteiger partial charge on any atom is 0.200 e. The number of benzene rings is 2. The SMILES string of the molecule is CNc1ncc(-c2ccc3ccccc3c2)[nH]1. The van der Waals surface area contributed by atoms with Crippen LogP contribution in [0.1, 0.15) is 0 Å². The average Bonchev–Trinajstić information content (AvgIpc) is 2.87. The Labute approximate surface area is 99.5 Å².